The second-order valence-electron chi connectivity index (χ2n) is 14.4. The number of anilines is 4. The summed E-state index contributed by atoms with van der Waals surface area (Å²) >= 11 is 0. The molecule has 4 aliphatic heterocycles. The molecular weight excluding hydrogens is 697 g/mol. The highest BCUT2D eigenvalue weighted by Gasteiger charge is 2.46. The highest BCUT2D eigenvalue weighted by atomic mass is 19.1. The van der Waals surface area contributed by atoms with Crippen LogP contribution in [0.4, 0.5) is 27.8 Å². The lowest BCUT2D eigenvalue weighted by atomic mass is 10.0. The van der Waals surface area contributed by atoms with Gasteiger partial charge in [-0.25, -0.2) is 14.4 Å². The van der Waals surface area contributed by atoms with Crippen LogP contribution in [0.25, 0.3) is 10.9 Å². The SMILES string of the molecule is COC1CCN(c2nccc(Nc3cc4c(cn3)c(N3CCN(Cc5ccc6c(c5F)C(=O)N(C5CCC(=O)NC5=O)C6=O)CC3)nn4C(C)C)n2)CC1. The topological polar surface area (TPSA) is 171 Å². The summed E-state index contributed by atoms with van der Waals surface area (Å²) < 4.78 is 23.4. The molecule has 3 fully saturated rings. The number of hydrogen-bond acceptors (Lipinski definition) is 13. The number of nitrogens with zero attached hydrogens (tertiary/aromatic N) is 9. The summed E-state index contributed by atoms with van der Waals surface area (Å²) in [4.78, 5) is 71.7. The lowest BCUT2D eigenvalue weighted by Gasteiger charge is -2.35. The van der Waals surface area contributed by atoms with Gasteiger partial charge in [-0.05, 0) is 45.2 Å². The van der Waals surface area contributed by atoms with Crippen molar-refractivity contribution in [3.63, 3.8) is 0 Å². The number of carbonyl (C=O) groups excluding carboxylic acids is 4. The summed E-state index contributed by atoms with van der Waals surface area (Å²) in [6.45, 7) is 8.53. The molecule has 7 heterocycles. The highest BCUT2D eigenvalue weighted by molar-refractivity contribution is 6.23. The van der Waals surface area contributed by atoms with E-state index >= 15 is 4.39 Å². The third kappa shape index (κ3) is 6.51. The minimum Gasteiger partial charge on any atom is -0.381 e. The minimum atomic E-state index is -1.15. The maximum absolute atomic E-state index is 15.9. The molecule has 3 aromatic heterocycles. The van der Waals surface area contributed by atoms with Gasteiger partial charge in [0.1, 0.15) is 23.5 Å². The number of methoxy groups -OCH3 is 1. The predicted molar refractivity (Wildman–Crippen MR) is 196 cm³/mol. The number of imide groups is 2. The number of pyridine rings is 1. The maximum atomic E-state index is 15.9. The number of nitrogens with one attached hydrogen (secondary N) is 2. The smallest absolute Gasteiger partial charge is 0.265 e. The Morgan fingerprint density at radius 1 is 0.944 bits per heavy atom. The fraction of sp³-hybridized carbons (Fsp3) is 0.459. The highest BCUT2D eigenvalue weighted by Crippen LogP contribution is 2.33. The molecular formula is C37H42FN11O5. The van der Waals surface area contributed by atoms with E-state index in [0.29, 0.717) is 49.3 Å². The van der Waals surface area contributed by atoms with Gasteiger partial charge >= 0.3 is 0 Å². The summed E-state index contributed by atoms with van der Waals surface area (Å²) in [5.74, 6) is -0.764. The molecule has 4 amide bonds. The van der Waals surface area contributed by atoms with Crippen molar-refractivity contribution in [2.24, 2.45) is 0 Å². The first-order valence-corrected chi connectivity index (χ1v) is 18.4. The molecule has 3 saturated heterocycles. The molecule has 0 spiro atoms. The molecule has 0 bridgehead atoms. The molecule has 0 radical (unpaired) electrons. The van der Waals surface area contributed by atoms with Crippen LogP contribution in [0.15, 0.2) is 36.7 Å². The van der Waals surface area contributed by atoms with Gasteiger partial charge in [-0.1, -0.05) is 6.07 Å². The van der Waals surface area contributed by atoms with Crippen molar-refractivity contribution in [3.8, 4) is 0 Å². The molecule has 2 N–H and O–H groups in total. The summed E-state index contributed by atoms with van der Waals surface area (Å²) in [6.07, 6.45) is 5.71. The van der Waals surface area contributed by atoms with Gasteiger partial charge in [0, 0.05) is 89.4 Å². The van der Waals surface area contributed by atoms with E-state index in [4.69, 9.17) is 19.8 Å². The molecule has 4 aliphatic rings. The lowest BCUT2D eigenvalue weighted by molar-refractivity contribution is -0.136. The Bertz CT molecular complexity index is 2140. The van der Waals surface area contributed by atoms with Gasteiger partial charge in [-0.2, -0.15) is 10.1 Å². The van der Waals surface area contributed by atoms with Crippen LogP contribution >= 0.6 is 0 Å². The van der Waals surface area contributed by atoms with Crippen LogP contribution in [0.1, 0.15) is 71.9 Å². The number of ether oxygens (including phenoxy) is 1. The molecule has 17 heteroatoms. The predicted octanol–water partition coefficient (Wildman–Crippen LogP) is 3.02. The van der Waals surface area contributed by atoms with Crippen molar-refractivity contribution in [1.29, 1.82) is 0 Å². The van der Waals surface area contributed by atoms with Gasteiger partial charge in [0.25, 0.3) is 11.8 Å². The van der Waals surface area contributed by atoms with E-state index in [1.165, 1.54) is 12.1 Å². The summed E-state index contributed by atoms with van der Waals surface area (Å²) in [7, 11) is 1.75. The van der Waals surface area contributed by atoms with Crippen molar-refractivity contribution < 1.29 is 28.3 Å². The zero-order chi connectivity index (χ0) is 37.7. The third-order valence-electron chi connectivity index (χ3n) is 10.7. The molecule has 1 unspecified atom stereocenters. The first-order chi connectivity index (χ1) is 26.1. The largest absolute Gasteiger partial charge is 0.381 e. The normalized spacial score (nSPS) is 20.0. The Morgan fingerprint density at radius 3 is 2.44 bits per heavy atom. The molecule has 0 saturated carbocycles. The van der Waals surface area contributed by atoms with Crippen LogP contribution in [-0.4, -0.2) is 117 Å². The zero-order valence-electron chi connectivity index (χ0n) is 30.4. The minimum absolute atomic E-state index is 0.00704. The van der Waals surface area contributed by atoms with E-state index in [0.717, 1.165) is 47.6 Å². The molecule has 16 nitrogen and oxygen atoms in total. The summed E-state index contributed by atoms with van der Waals surface area (Å²) in [5.41, 5.74) is 0.826. The molecule has 1 aromatic carbocycles. The standard InChI is InChI=1S/C37H42FN11O5/c1-21(2)49-27-18-29(41-28-8-11-39-37(42-28)47-12-9-23(54-3)10-13-47)40-19-25(27)33(44-49)46-16-14-45(15-17-46)20-22-4-5-24-31(32(22)38)36(53)48(35(24)52)26-6-7-30(50)43-34(26)51/h4-5,8,11,18-19,21,23,26H,6-7,9-10,12-17,20H2,1-3H3,(H,43,50,51)(H,39,40,41,42). The van der Waals surface area contributed by atoms with Crippen LogP contribution in [0.5, 0.6) is 0 Å². The van der Waals surface area contributed by atoms with Gasteiger partial charge in [0.15, 0.2) is 5.82 Å². The van der Waals surface area contributed by atoms with Crippen LogP contribution in [-0.2, 0) is 20.9 Å². The number of fused-ring (bicyclic) bond motifs is 2. The van der Waals surface area contributed by atoms with E-state index in [-0.39, 0.29) is 42.7 Å². The first-order valence-electron chi connectivity index (χ1n) is 18.4. The quantitative estimate of drug-likeness (QED) is 0.241. The van der Waals surface area contributed by atoms with Gasteiger partial charge in [0.2, 0.25) is 17.8 Å². The van der Waals surface area contributed by atoms with Crippen LogP contribution in [0.2, 0.25) is 0 Å². The van der Waals surface area contributed by atoms with Crippen LogP contribution in [0.3, 0.4) is 0 Å². The van der Waals surface area contributed by atoms with E-state index < -0.39 is 35.5 Å². The van der Waals surface area contributed by atoms with Crippen molar-refractivity contribution in [1.82, 2.24) is 39.8 Å². The van der Waals surface area contributed by atoms with Gasteiger partial charge in [-0.15, -0.1) is 0 Å². The van der Waals surface area contributed by atoms with Crippen molar-refractivity contribution in [3.05, 3.63) is 59.2 Å². The third-order valence-corrected chi connectivity index (χ3v) is 10.7. The number of amides is 4. The fourth-order valence-electron chi connectivity index (χ4n) is 7.75. The average Bonchev–Trinajstić information content (AvgIpc) is 3.67. The number of benzene rings is 1. The van der Waals surface area contributed by atoms with Crippen LogP contribution < -0.4 is 20.4 Å². The van der Waals surface area contributed by atoms with Gasteiger partial charge in [-0.3, -0.25) is 39.0 Å². The van der Waals surface area contributed by atoms with Crippen molar-refractivity contribution >= 4 is 57.9 Å². The van der Waals surface area contributed by atoms with Crippen LogP contribution in [0, 0.1) is 5.82 Å². The van der Waals surface area contributed by atoms with E-state index in [2.05, 4.69) is 44.2 Å². The molecule has 4 aromatic rings. The van der Waals surface area contributed by atoms with E-state index in [1.54, 1.807) is 13.3 Å². The Labute approximate surface area is 310 Å². The lowest BCUT2D eigenvalue weighted by Crippen LogP contribution is -2.54. The second kappa shape index (κ2) is 14.4. The molecule has 0 aliphatic carbocycles. The van der Waals surface area contributed by atoms with Crippen molar-refractivity contribution in [2.45, 2.75) is 64.3 Å². The number of halogens is 1. The molecule has 1 atom stereocenters. The monoisotopic (exact) mass is 739 g/mol. The Kier molecular flexibility index (Phi) is 9.43. The Morgan fingerprint density at radius 2 is 1.72 bits per heavy atom. The molecule has 8 rings (SSSR count). The number of hydrogen-bond donors (Lipinski definition) is 2. The summed E-state index contributed by atoms with van der Waals surface area (Å²) in [5, 5.41) is 11.4. The number of aromatic nitrogens is 5. The van der Waals surface area contributed by atoms with Gasteiger partial charge in [0.05, 0.1) is 28.1 Å². The zero-order valence-corrected chi connectivity index (χ0v) is 30.4. The van der Waals surface area contributed by atoms with E-state index in [1.807, 2.05) is 23.0 Å². The van der Waals surface area contributed by atoms with Gasteiger partial charge < -0.3 is 19.9 Å². The molecule has 54 heavy (non-hydrogen) atoms. The van der Waals surface area contributed by atoms with E-state index in [9.17, 15) is 19.2 Å². The fourth-order valence-corrected chi connectivity index (χ4v) is 7.75. The number of carbonyl (C=O) groups is 4. The van der Waals surface area contributed by atoms with Crippen molar-refractivity contribution in [2.75, 3.05) is 61.5 Å². The molecule has 282 valence electrons. The maximum Gasteiger partial charge on any atom is 0.265 e. The number of piperazine rings is 1. The first kappa shape index (κ1) is 35.5. The summed E-state index contributed by atoms with van der Waals surface area (Å²) in [6, 6.07) is 5.72. The number of rotatable bonds is 9. The second-order valence-corrected chi connectivity index (χ2v) is 14.4. The Balaban J connectivity index is 0.941. The average molecular weight is 740 g/mol. The Hall–Kier alpha value is -5.55. The number of piperidine rings is 2.